The van der Waals surface area contributed by atoms with Crippen LogP contribution >= 0.6 is 23.2 Å². The normalized spacial score (nSPS) is 18.6. The molecule has 0 bridgehead atoms. The Kier molecular flexibility index (Phi) is 6.33. The fourth-order valence-corrected chi connectivity index (χ4v) is 3.54. The standard InChI is InChI=1S/C12H22Cl2O/c1-2-15-8-7-12(9-13,10-14)11-5-3-4-6-11/h11H,2-10H2,1H3. The molecule has 90 valence electrons. The van der Waals surface area contributed by atoms with E-state index in [4.69, 9.17) is 27.9 Å². The second kappa shape index (κ2) is 6.98. The van der Waals surface area contributed by atoms with Gasteiger partial charge in [0.15, 0.2) is 0 Å². The maximum atomic E-state index is 6.14. The van der Waals surface area contributed by atoms with E-state index in [1.54, 1.807) is 0 Å². The highest BCUT2D eigenvalue weighted by atomic mass is 35.5. The predicted molar refractivity (Wildman–Crippen MR) is 66.9 cm³/mol. The quantitative estimate of drug-likeness (QED) is 0.491. The zero-order valence-electron chi connectivity index (χ0n) is 9.61. The van der Waals surface area contributed by atoms with Gasteiger partial charge in [-0.25, -0.2) is 0 Å². The molecule has 1 rings (SSSR count). The first-order valence-corrected chi connectivity index (χ1v) is 7.05. The van der Waals surface area contributed by atoms with Gasteiger partial charge >= 0.3 is 0 Å². The molecule has 0 unspecified atom stereocenters. The van der Waals surface area contributed by atoms with Crippen LogP contribution in [0.1, 0.15) is 39.0 Å². The van der Waals surface area contributed by atoms with Crippen molar-refractivity contribution in [3.05, 3.63) is 0 Å². The number of hydrogen-bond acceptors (Lipinski definition) is 1. The molecule has 0 heterocycles. The van der Waals surface area contributed by atoms with Gasteiger partial charge < -0.3 is 4.74 Å². The van der Waals surface area contributed by atoms with Crippen molar-refractivity contribution in [1.82, 2.24) is 0 Å². The molecule has 0 spiro atoms. The molecule has 0 amide bonds. The molecule has 1 aliphatic carbocycles. The molecular formula is C12H22Cl2O. The smallest absolute Gasteiger partial charge is 0.0472 e. The highest BCUT2D eigenvalue weighted by Gasteiger charge is 2.38. The largest absolute Gasteiger partial charge is 0.382 e. The highest BCUT2D eigenvalue weighted by molar-refractivity contribution is 6.21. The molecule has 0 aliphatic heterocycles. The third-order valence-electron chi connectivity index (χ3n) is 3.70. The lowest BCUT2D eigenvalue weighted by Crippen LogP contribution is -2.34. The first-order valence-electron chi connectivity index (χ1n) is 5.98. The van der Waals surface area contributed by atoms with Crippen LogP contribution in [0.5, 0.6) is 0 Å². The Hall–Kier alpha value is 0.540. The summed E-state index contributed by atoms with van der Waals surface area (Å²) in [5.41, 5.74) is 0.120. The second-order valence-electron chi connectivity index (χ2n) is 4.56. The van der Waals surface area contributed by atoms with Crippen LogP contribution in [-0.4, -0.2) is 25.0 Å². The van der Waals surface area contributed by atoms with Crippen LogP contribution in [0.3, 0.4) is 0 Å². The first-order chi connectivity index (χ1) is 7.29. The summed E-state index contributed by atoms with van der Waals surface area (Å²) in [6.07, 6.45) is 6.29. The van der Waals surface area contributed by atoms with Crippen LogP contribution in [0.2, 0.25) is 0 Å². The van der Waals surface area contributed by atoms with Crippen molar-refractivity contribution in [3.63, 3.8) is 0 Å². The lowest BCUT2D eigenvalue weighted by molar-refractivity contribution is 0.0927. The summed E-state index contributed by atoms with van der Waals surface area (Å²) in [7, 11) is 0. The maximum absolute atomic E-state index is 6.14. The second-order valence-corrected chi connectivity index (χ2v) is 5.09. The number of ether oxygens (including phenoxy) is 1. The minimum Gasteiger partial charge on any atom is -0.382 e. The van der Waals surface area contributed by atoms with Gasteiger partial charge in [0.1, 0.15) is 0 Å². The van der Waals surface area contributed by atoms with E-state index in [9.17, 15) is 0 Å². The van der Waals surface area contributed by atoms with Crippen LogP contribution in [0.4, 0.5) is 0 Å². The maximum Gasteiger partial charge on any atom is 0.0472 e. The van der Waals surface area contributed by atoms with Crippen molar-refractivity contribution in [3.8, 4) is 0 Å². The highest BCUT2D eigenvalue weighted by Crippen LogP contribution is 2.44. The van der Waals surface area contributed by atoms with Crippen LogP contribution < -0.4 is 0 Å². The van der Waals surface area contributed by atoms with E-state index in [0.717, 1.165) is 19.6 Å². The van der Waals surface area contributed by atoms with Gasteiger partial charge in [0, 0.05) is 30.4 Å². The number of rotatable bonds is 7. The summed E-state index contributed by atoms with van der Waals surface area (Å²) in [4.78, 5) is 0. The van der Waals surface area contributed by atoms with Gasteiger partial charge in [-0.3, -0.25) is 0 Å². The van der Waals surface area contributed by atoms with Crippen molar-refractivity contribution in [2.24, 2.45) is 11.3 Å². The van der Waals surface area contributed by atoms with Crippen molar-refractivity contribution < 1.29 is 4.74 Å². The fourth-order valence-electron chi connectivity index (χ4n) is 2.55. The number of alkyl halides is 2. The zero-order valence-corrected chi connectivity index (χ0v) is 11.1. The minimum atomic E-state index is 0.120. The molecule has 1 saturated carbocycles. The molecule has 0 aromatic heterocycles. The fraction of sp³-hybridized carbons (Fsp3) is 1.00. The predicted octanol–water partition coefficient (Wildman–Crippen LogP) is 4.07. The summed E-state index contributed by atoms with van der Waals surface area (Å²) in [6, 6.07) is 0. The number of hydrogen-bond donors (Lipinski definition) is 0. The summed E-state index contributed by atoms with van der Waals surface area (Å²) < 4.78 is 5.43. The zero-order chi connectivity index (χ0) is 11.1. The van der Waals surface area contributed by atoms with E-state index >= 15 is 0 Å². The number of halogens is 2. The van der Waals surface area contributed by atoms with Gasteiger partial charge in [-0.2, -0.15) is 0 Å². The Morgan fingerprint density at radius 1 is 1.20 bits per heavy atom. The molecule has 0 radical (unpaired) electrons. The molecule has 0 aromatic rings. The molecule has 0 atom stereocenters. The van der Waals surface area contributed by atoms with Gasteiger partial charge in [0.05, 0.1) is 0 Å². The van der Waals surface area contributed by atoms with E-state index < -0.39 is 0 Å². The van der Waals surface area contributed by atoms with Crippen molar-refractivity contribution in [2.75, 3.05) is 25.0 Å². The van der Waals surface area contributed by atoms with Crippen molar-refractivity contribution in [2.45, 2.75) is 39.0 Å². The lowest BCUT2D eigenvalue weighted by Gasteiger charge is -2.35. The Morgan fingerprint density at radius 2 is 1.80 bits per heavy atom. The van der Waals surface area contributed by atoms with E-state index in [2.05, 4.69) is 0 Å². The third-order valence-corrected chi connectivity index (χ3v) is 4.77. The molecule has 0 aromatic carbocycles. The van der Waals surface area contributed by atoms with Gasteiger partial charge in [0.25, 0.3) is 0 Å². The van der Waals surface area contributed by atoms with Crippen molar-refractivity contribution >= 4 is 23.2 Å². The van der Waals surface area contributed by atoms with Gasteiger partial charge in [-0.15, -0.1) is 23.2 Å². The van der Waals surface area contributed by atoms with Crippen LogP contribution in [0.15, 0.2) is 0 Å². The van der Waals surface area contributed by atoms with E-state index in [1.807, 2.05) is 6.92 Å². The minimum absolute atomic E-state index is 0.120. The molecule has 3 heteroatoms. The summed E-state index contributed by atoms with van der Waals surface area (Å²) in [6.45, 7) is 3.61. The van der Waals surface area contributed by atoms with Gasteiger partial charge in [0.2, 0.25) is 0 Å². The average Bonchev–Trinajstić information content (AvgIpc) is 2.79. The summed E-state index contributed by atoms with van der Waals surface area (Å²) >= 11 is 12.3. The lowest BCUT2D eigenvalue weighted by atomic mass is 9.75. The molecule has 0 N–H and O–H groups in total. The van der Waals surface area contributed by atoms with Crippen molar-refractivity contribution in [1.29, 1.82) is 0 Å². The molecule has 0 saturated heterocycles. The monoisotopic (exact) mass is 252 g/mol. The Morgan fingerprint density at radius 3 is 2.27 bits per heavy atom. The van der Waals surface area contributed by atoms with E-state index in [-0.39, 0.29) is 5.41 Å². The Bertz CT molecular complexity index is 163. The van der Waals surface area contributed by atoms with Crippen LogP contribution in [0, 0.1) is 11.3 Å². The van der Waals surface area contributed by atoms with Crippen LogP contribution in [-0.2, 0) is 4.74 Å². The van der Waals surface area contributed by atoms with Gasteiger partial charge in [-0.05, 0) is 32.1 Å². The Labute approximate surface area is 103 Å². The molecule has 1 fully saturated rings. The molecule has 1 aliphatic rings. The van der Waals surface area contributed by atoms with Gasteiger partial charge in [-0.1, -0.05) is 12.8 Å². The Balaban J connectivity index is 2.50. The summed E-state index contributed by atoms with van der Waals surface area (Å²) in [5.74, 6) is 2.07. The van der Waals surface area contributed by atoms with E-state index in [0.29, 0.717) is 17.7 Å². The first kappa shape index (κ1) is 13.6. The third kappa shape index (κ3) is 3.51. The molecule has 1 nitrogen and oxygen atoms in total. The van der Waals surface area contributed by atoms with Crippen LogP contribution in [0.25, 0.3) is 0 Å². The average molecular weight is 253 g/mol. The summed E-state index contributed by atoms with van der Waals surface area (Å²) in [5, 5.41) is 0. The topological polar surface area (TPSA) is 9.23 Å². The molecule has 15 heavy (non-hydrogen) atoms. The SMILES string of the molecule is CCOCCC(CCl)(CCl)C1CCCC1. The molecular weight excluding hydrogens is 231 g/mol. The van der Waals surface area contributed by atoms with E-state index in [1.165, 1.54) is 25.7 Å².